The van der Waals surface area contributed by atoms with Crippen LogP contribution in [0.5, 0.6) is 5.75 Å². The van der Waals surface area contributed by atoms with E-state index in [1.165, 1.54) is 7.11 Å². The van der Waals surface area contributed by atoms with Crippen LogP contribution in [0.1, 0.15) is 5.56 Å². The topological polar surface area (TPSA) is 52.3 Å². The SMILES string of the molecule is COc1ccc(CS(=O)c2c(F)cc(N)cc2F)cc1. The molecule has 0 amide bonds. The van der Waals surface area contributed by atoms with E-state index in [1.54, 1.807) is 24.3 Å². The zero-order valence-electron chi connectivity index (χ0n) is 10.7. The second-order valence-corrected chi connectivity index (χ2v) is 5.54. The van der Waals surface area contributed by atoms with Gasteiger partial charge in [0, 0.05) is 5.69 Å². The van der Waals surface area contributed by atoms with E-state index in [1.807, 2.05) is 0 Å². The van der Waals surface area contributed by atoms with Crippen LogP contribution in [0.15, 0.2) is 41.3 Å². The zero-order valence-corrected chi connectivity index (χ0v) is 11.5. The predicted molar refractivity (Wildman–Crippen MR) is 73.9 cm³/mol. The van der Waals surface area contributed by atoms with Gasteiger partial charge in [-0.3, -0.25) is 4.21 Å². The normalized spacial score (nSPS) is 12.2. The average Bonchev–Trinajstić information content (AvgIpc) is 2.38. The lowest BCUT2D eigenvalue weighted by atomic mass is 10.2. The van der Waals surface area contributed by atoms with Gasteiger partial charge in [0.2, 0.25) is 0 Å². The third-order valence-electron chi connectivity index (χ3n) is 2.71. The van der Waals surface area contributed by atoms with Gasteiger partial charge >= 0.3 is 0 Å². The summed E-state index contributed by atoms with van der Waals surface area (Å²) in [6.07, 6.45) is 0. The van der Waals surface area contributed by atoms with Crippen LogP contribution in [-0.2, 0) is 16.6 Å². The van der Waals surface area contributed by atoms with Crippen molar-refractivity contribution < 1.29 is 17.7 Å². The summed E-state index contributed by atoms with van der Waals surface area (Å²) in [5.41, 5.74) is 5.98. The van der Waals surface area contributed by atoms with Gasteiger partial charge < -0.3 is 10.5 Å². The van der Waals surface area contributed by atoms with Gasteiger partial charge in [-0.1, -0.05) is 12.1 Å². The molecule has 3 nitrogen and oxygen atoms in total. The molecule has 2 aromatic rings. The molecule has 0 saturated heterocycles. The molecular formula is C14H13F2NO2S. The smallest absolute Gasteiger partial charge is 0.144 e. The van der Waals surface area contributed by atoms with Gasteiger partial charge in [-0.05, 0) is 29.8 Å². The van der Waals surface area contributed by atoms with E-state index < -0.39 is 27.3 Å². The van der Waals surface area contributed by atoms with Crippen molar-refractivity contribution in [3.8, 4) is 5.75 Å². The standard InChI is InChI=1S/C14H13F2NO2S/c1-19-11-4-2-9(3-5-11)8-20(18)14-12(15)6-10(17)7-13(14)16/h2-7H,8,17H2,1H3. The van der Waals surface area contributed by atoms with E-state index in [2.05, 4.69) is 0 Å². The number of benzene rings is 2. The lowest BCUT2D eigenvalue weighted by molar-refractivity contribution is 0.414. The van der Waals surface area contributed by atoms with Gasteiger partial charge in [0.25, 0.3) is 0 Å². The molecule has 2 N–H and O–H groups in total. The first-order valence-electron chi connectivity index (χ1n) is 5.77. The third-order valence-corrected chi connectivity index (χ3v) is 4.15. The monoisotopic (exact) mass is 297 g/mol. The number of anilines is 1. The van der Waals surface area contributed by atoms with Crippen molar-refractivity contribution in [1.82, 2.24) is 0 Å². The predicted octanol–water partition coefficient (Wildman–Crippen LogP) is 2.86. The average molecular weight is 297 g/mol. The Morgan fingerprint density at radius 1 is 1.15 bits per heavy atom. The molecule has 0 aromatic heterocycles. The lowest BCUT2D eigenvalue weighted by Gasteiger charge is -2.07. The van der Waals surface area contributed by atoms with Gasteiger partial charge in [-0.25, -0.2) is 8.78 Å². The second kappa shape index (κ2) is 6.00. The molecule has 0 aliphatic rings. The summed E-state index contributed by atoms with van der Waals surface area (Å²) in [5, 5.41) is 0. The first kappa shape index (κ1) is 14.5. The summed E-state index contributed by atoms with van der Waals surface area (Å²) >= 11 is 0. The van der Waals surface area contributed by atoms with Gasteiger partial charge in [0.1, 0.15) is 22.3 Å². The number of halogens is 2. The summed E-state index contributed by atoms with van der Waals surface area (Å²) in [6, 6.07) is 8.72. The van der Waals surface area contributed by atoms with E-state index in [-0.39, 0.29) is 11.4 Å². The molecule has 6 heteroatoms. The van der Waals surface area contributed by atoms with E-state index in [4.69, 9.17) is 10.5 Å². The van der Waals surface area contributed by atoms with Crippen molar-refractivity contribution >= 4 is 16.5 Å². The molecule has 2 rings (SSSR count). The highest BCUT2D eigenvalue weighted by Crippen LogP contribution is 2.23. The molecule has 0 aliphatic heterocycles. The van der Waals surface area contributed by atoms with Crippen molar-refractivity contribution in [2.45, 2.75) is 10.6 Å². The minimum atomic E-state index is -1.82. The Morgan fingerprint density at radius 3 is 2.20 bits per heavy atom. The molecule has 0 saturated carbocycles. The van der Waals surface area contributed by atoms with Crippen LogP contribution in [0.3, 0.4) is 0 Å². The Hall–Kier alpha value is -1.95. The van der Waals surface area contributed by atoms with Crippen LogP contribution in [-0.4, -0.2) is 11.3 Å². The first-order valence-corrected chi connectivity index (χ1v) is 7.09. The number of hydrogen-bond donors (Lipinski definition) is 1. The van der Waals surface area contributed by atoms with Gasteiger partial charge in [0.15, 0.2) is 0 Å². The van der Waals surface area contributed by atoms with Crippen LogP contribution in [0.4, 0.5) is 14.5 Å². The number of hydrogen-bond acceptors (Lipinski definition) is 3. The summed E-state index contributed by atoms with van der Waals surface area (Å²) in [5.74, 6) is -1.12. The Morgan fingerprint density at radius 2 is 1.70 bits per heavy atom. The van der Waals surface area contributed by atoms with Crippen molar-refractivity contribution in [1.29, 1.82) is 0 Å². The maximum atomic E-state index is 13.7. The number of nitrogen functional groups attached to an aromatic ring is 1. The highest BCUT2D eigenvalue weighted by molar-refractivity contribution is 7.84. The first-order chi connectivity index (χ1) is 9.51. The van der Waals surface area contributed by atoms with Crippen LogP contribution >= 0.6 is 0 Å². The zero-order chi connectivity index (χ0) is 14.7. The fourth-order valence-corrected chi connectivity index (χ4v) is 2.93. The lowest BCUT2D eigenvalue weighted by Crippen LogP contribution is -2.04. The fourth-order valence-electron chi connectivity index (χ4n) is 1.74. The molecule has 0 spiro atoms. The van der Waals surface area contributed by atoms with Crippen LogP contribution in [0, 0.1) is 11.6 Å². The van der Waals surface area contributed by atoms with Crippen LogP contribution in [0.25, 0.3) is 0 Å². The van der Waals surface area contributed by atoms with E-state index in [9.17, 15) is 13.0 Å². The third kappa shape index (κ3) is 3.14. The molecular weight excluding hydrogens is 284 g/mol. The van der Waals surface area contributed by atoms with Crippen molar-refractivity contribution in [3.63, 3.8) is 0 Å². The van der Waals surface area contributed by atoms with Crippen molar-refractivity contribution in [3.05, 3.63) is 53.6 Å². The minimum Gasteiger partial charge on any atom is -0.497 e. The maximum Gasteiger partial charge on any atom is 0.144 e. The fraction of sp³-hybridized carbons (Fsp3) is 0.143. The molecule has 0 aliphatic carbocycles. The minimum absolute atomic E-state index is 0.0156. The largest absolute Gasteiger partial charge is 0.497 e. The molecule has 20 heavy (non-hydrogen) atoms. The summed E-state index contributed by atoms with van der Waals surface area (Å²) in [4.78, 5) is -0.449. The summed E-state index contributed by atoms with van der Waals surface area (Å²) < 4.78 is 44.4. The van der Waals surface area contributed by atoms with Crippen molar-refractivity contribution in [2.75, 3.05) is 12.8 Å². The molecule has 0 radical (unpaired) electrons. The highest BCUT2D eigenvalue weighted by atomic mass is 32.2. The Bertz CT molecular complexity index is 621. The number of ether oxygens (including phenoxy) is 1. The Kier molecular flexibility index (Phi) is 4.34. The van der Waals surface area contributed by atoms with Gasteiger partial charge in [0.05, 0.1) is 23.7 Å². The van der Waals surface area contributed by atoms with E-state index in [0.717, 1.165) is 12.1 Å². The van der Waals surface area contributed by atoms with Crippen molar-refractivity contribution in [2.24, 2.45) is 0 Å². The molecule has 0 heterocycles. The van der Waals surface area contributed by atoms with Crippen LogP contribution < -0.4 is 10.5 Å². The number of methoxy groups -OCH3 is 1. The highest BCUT2D eigenvalue weighted by Gasteiger charge is 2.17. The molecule has 0 fully saturated rings. The van der Waals surface area contributed by atoms with E-state index >= 15 is 0 Å². The number of nitrogens with two attached hydrogens (primary N) is 1. The van der Waals surface area contributed by atoms with E-state index in [0.29, 0.717) is 11.3 Å². The molecule has 2 aromatic carbocycles. The summed E-state index contributed by atoms with van der Waals surface area (Å²) in [6.45, 7) is 0. The quantitative estimate of drug-likeness (QED) is 0.883. The molecule has 0 bridgehead atoms. The molecule has 1 unspecified atom stereocenters. The summed E-state index contributed by atoms with van der Waals surface area (Å²) in [7, 11) is -0.287. The Balaban J connectivity index is 2.23. The van der Waals surface area contributed by atoms with Crippen LogP contribution in [0.2, 0.25) is 0 Å². The Labute approximate surface area is 117 Å². The number of rotatable bonds is 4. The second-order valence-electron chi connectivity index (χ2n) is 4.15. The molecule has 106 valence electrons. The van der Waals surface area contributed by atoms with Gasteiger partial charge in [-0.2, -0.15) is 0 Å². The molecule has 1 atom stereocenters. The van der Waals surface area contributed by atoms with Gasteiger partial charge in [-0.15, -0.1) is 0 Å². The maximum absolute atomic E-state index is 13.7.